The molecule has 0 saturated heterocycles. The Morgan fingerprint density at radius 3 is 2.43 bits per heavy atom. The van der Waals surface area contributed by atoms with Gasteiger partial charge in [-0.05, 0) is 79.9 Å². The van der Waals surface area contributed by atoms with Gasteiger partial charge in [0.15, 0.2) is 12.4 Å². The summed E-state index contributed by atoms with van der Waals surface area (Å²) >= 11 is 0. The lowest BCUT2D eigenvalue weighted by atomic mass is 10.1. The normalized spacial score (nSPS) is 10.4. The molecule has 3 rings (SSSR count). The molecule has 0 atom stereocenters. The summed E-state index contributed by atoms with van der Waals surface area (Å²) in [4.78, 5) is 24.2. The molecule has 0 unspecified atom stereocenters. The number of nitrogens with one attached hydrogen (secondary N) is 2. The summed E-state index contributed by atoms with van der Waals surface area (Å²) in [5.41, 5.74) is 4.37. The fraction of sp³-hybridized carbons (Fsp3) is 0.182. The second kappa shape index (κ2) is 8.43. The fourth-order valence-electron chi connectivity index (χ4n) is 2.62. The number of benzene rings is 2. The Morgan fingerprint density at radius 2 is 1.75 bits per heavy atom. The van der Waals surface area contributed by atoms with Crippen LogP contribution in [0.25, 0.3) is 0 Å². The van der Waals surface area contributed by atoms with Crippen LogP contribution in [0, 0.1) is 20.8 Å². The average Bonchev–Trinajstić information content (AvgIpc) is 3.20. The lowest BCUT2D eigenvalue weighted by Crippen LogP contribution is -2.20. The third kappa shape index (κ3) is 4.79. The van der Waals surface area contributed by atoms with E-state index in [1.54, 1.807) is 30.3 Å². The van der Waals surface area contributed by atoms with Crippen molar-refractivity contribution in [3.63, 3.8) is 0 Å². The van der Waals surface area contributed by atoms with E-state index in [4.69, 9.17) is 9.15 Å². The highest BCUT2D eigenvalue weighted by Crippen LogP contribution is 2.21. The second-order valence-electron chi connectivity index (χ2n) is 6.54. The zero-order valence-electron chi connectivity index (χ0n) is 16.0. The van der Waals surface area contributed by atoms with Crippen LogP contribution in [0.2, 0.25) is 0 Å². The third-order valence-corrected chi connectivity index (χ3v) is 4.35. The van der Waals surface area contributed by atoms with Crippen molar-refractivity contribution >= 4 is 23.2 Å². The molecule has 0 aliphatic rings. The van der Waals surface area contributed by atoms with Crippen LogP contribution in [-0.4, -0.2) is 18.4 Å². The fourth-order valence-corrected chi connectivity index (χ4v) is 2.62. The largest absolute Gasteiger partial charge is 0.484 e. The lowest BCUT2D eigenvalue weighted by Gasteiger charge is -2.11. The first kappa shape index (κ1) is 19.2. The van der Waals surface area contributed by atoms with Crippen molar-refractivity contribution < 1.29 is 18.7 Å². The number of amides is 2. The van der Waals surface area contributed by atoms with Crippen LogP contribution in [0.4, 0.5) is 11.4 Å². The number of carbonyl (C=O) groups is 2. The van der Waals surface area contributed by atoms with Crippen molar-refractivity contribution in [3.8, 4) is 5.75 Å². The molecule has 2 aromatic carbocycles. The number of rotatable bonds is 6. The quantitative estimate of drug-likeness (QED) is 0.663. The van der Waals surface area contributed by atoms with Gasteiger partial charge in [-0.25, -0.2) is 0 Å². The number of ether oxygens (including phenoxy) is 1. The summed E-state index contributed by atoms with van der Waals surface area (Å²) in [6, 6.07) is 14.2. The Balaban J connectivity index is 1.56. The van der Waals surface area contributed by atoms with E-state index in [1.165, 1.54) is 11.8 Å². The van der Waals surface area contributed by atoms with Gasteiger partial charge < -0.3 is 19.8 Å². The molecule has 144 valence electrons. The molecular formula is C22H22N2O4. The van der Waals surface area contributed by atoms with Gasteiger partial charge in [0, 0.05) is 11.4 Å². The summed E-state index contributed by atoms with van der Waals surface area (Å²) in [7, 11) is 0. The Kier molecular flexibility index (Phi) is 5.79. The number of carbonyl (C=O) groups excluding carboxylic acids is 2. The van der Waals surface area contributed by atoms with Crippen molar-refractivity contribution in [1.29, 1.82) is 0 Å². The van der Waals surface area contributed by atoms with Gasteiger partial charge in [-0.15, -0.1) is 0 Å². The van der Waals surface area contributed by atoms with Crippen molar-refractivity contribution in [3.05, 3.63) is 77.2 Å². The minimum Gasteiger partial charge on any atom is -0.484 e. The van der Waals surface area contributed by atoms with E-state index in [9.17, 15) is 9.59 Å². The Bertz CT molecular complexity index is 994. The van der Waals surface area contributed by atoms with E-state index >= 15 is 0 Å². The molecule has 0 aliphatic carbocycles. The number of anilines is 2. The molecule has 2 amide bonds. The highest BCUT2D eigenvalue weighted by atomic mass is 16.5. The summed E-state index contributed by atoms with van der Waals surface area (Å²) in [5.74, 6) is 0.308. The monoisotopic (exact) mass is 378 g/mol. The van der Waals surface area contributed by atoms with Gasteiger partial charge in [0.1, 0.15) is 5.75 Å². The van der Waals surface area contributed by atoms with Crippen LogP contribution in [0.1, 0.15) is 27.2 Å². The highest BCUT2D eigenvalue weighted by Gasteiger charge is 2.11. The minimum absolute atomic E-state index is 0.0848. The summed E-state index contributed by atoms with van der Waals surface area (Å²) < 4.78 is 10.6. The maximum absolute atomic E-state index is 12.1. The molecule has 6 heteroatoms. The van der Waals surface area contributed by atoms with Gasteiger partial charge in [-0.3, -0.25) is 9.59 Å². The number of hydrogen-bond donors (Lipinski definition) is 2. The second-order valence-corrected chi connectivity index (χ2v) is 6.54. The topological polar surface area (TPSA) is 80.6 Å². The molecule has 0 fully saturated rings. The first-order chi connectivity index (χ1) is 13.4. The number of furan rings is 1. The Labute approximate surface area is 163 Å². The van der Waals surface area contributed by atoms with Crippen LogP contribution in [0.5, 0.6) is 5.75 Å². The first-order valence-corrected chi connectivity index (χ1v) is 8.88. The van der Waals surface area contributed by atoms with Gasteiger partial charge in [0.05, 0.1) is 6.26 Å². The molecule has 0 spiro atoms. The van der Waals surface area contributed by atoms with E-state index in [1.807, 2.05) is 39.0 Å². The van der Waals surface area contributed by atoms with Crippen LogP contribution >= 0.6 is 0 Å². The van der Waals surface area contributed by atoms with Crippen LogP contribution in [-0.2, 0) is 4.79 Å². The summed E-state index contributed by atoms with van der Waals surface area (Å²) in [6.07, 6.45) is 1.44. The molecule has 1 aromatic heterocycles. The van der Waals surface area contributed by atoms with Crippen molar-refractivity contribution in [2.45, 2.75) is 20.8 Å². The van der Waals surface area contributed by atoms with Crippen LogP contribution in [0.15, 0.2) is 59.2 Å². The molecule has 0 radical (unpaired) electrons. The molecule has 2 N–H and O–H groups in total. The van der Waals surface area contributed by atoms with E-state index in [0.29, 0.717) is 17.1 Å². The van der Waals surface area contributed by atoms with Gasteiger partial charge in [0.25, 0.3) is 11.8 Å². The minimum atomic E-state index is -0.327. The van der Waals surface area contributed by atoms with Crippen LogP contribution in [0.3, 0.4) is 0 Å². The first-order valence-electron chi connectivity index (χ1n) is 8.88. The Morgan fingerprint density at radius 1 is 0.929 bits per heavy atom. The average molecular weight is 378 g/mol. The third-order valence-electron chi connectivity index (χ3n) is 4.35. The summed E-state index contributed by atoms with van der Waals surface area (Å²) in [5, 5.41) is 5.57. The molecule has 3 aromatic rings. The van der Waals surface area contributed by atoms with E-state index in [0.717, 1.165) is 11.1 Å². The van der Waals surface area contributed by atoms with Crippen molar-refractivity contribution in [2.75, 3.05) is 17.2 Å². The van der Waals surface area contributed by atoms with Crippen molar-refractivity contribution in [2.24, 2.45) is 0 Å². The maximum Gasteiger partial charge on any atom is 0.291 e. The van der Waals surface area contributed by atoms with E-state index < -0.39 is 0 Å². The molecule has 0 aliphatic heterocycles. The van der Waals surface area contributed by atoms with Gasteiger partial charge in [-0.2, -0.15) is 0 Å². The van der Waals surface area contributed by atoms with Gasteiger partial charge in [-0.1, -0.05) is 6.07 Å². The SMILES string of the molecule is Cc1ccc(OCC(=O)Nc2ccc(NC(=O)c3ccco3)c(C)c2)cc1C. The maximum atomic E-state index is 12.1. The zero-order valence-corrected chi connectivity index (χ0v) is 16.0. The Hall–Kier alpha value is -3.54. The molecule has 28 heavy (non-hydrogen) atoms. The van der Waals surface area contributed by atoms with E-state index in [2.05, 4.69) is 10.6 Å². The van der Waals surface area contributed by atoms with E-state index in [-0.39, 0.29) is 24.2 Å². The lowest BCUT2D eigenvalue weighted by molar-refractivity contribution is -0.118. The zero-order chi connectivity index (χ0) is 20.1. The molecular weight excluding hydrogens is 356 g/mol. The predicted molar refractivity (Wildman–Crippen MR) is 108 cm³/mol. The standard InChI is InChI=1S/C22H22N2O4/c1-14-6-8-18(12-15(14)2)28-13-21(25)23-17-7-9-19(16(3)11-17)24-22(26)20-5-4-10-27-20/h4-12H,13H2,1-3H3,(H,23,25)(H,24,26). The van der Waals surface area contributed by atoms with Crippen molar-refractivity contribution in [1.82, 2.24) is 0 Å². The highest BCUT2D eigenvalue weighted by molar-refractivity contribution is 6.03. The van der Waals surface area contributed by atoms with Gasteiger partial charge in [0.2, 0.25) is 0 Å². The molecule has 6 nitrogen and oxygen atoms in total. The number of aryl methyl sites for hydroxylation is 3. The smallest absolute Gasteiger partial charge is 0.291 e. The summed E-state index contributed by atoms with van der Waals surface area (Å²) in [6.45, 7) is 5.78. The van der Waals surface area contributed by atoms with Crippen LogP contribution < -0.4 is 15.4 Å². The number of hydrogen-bond acceptors (Lipinski definition) is 4. The molecule has 1 heterocycles. The predicted octanol–water partition coefficient (Wildman–Crippen LogP) is 4.47. The van der Waals surface area contributed by atoms with Gasteiger partial charge >= 0.3 is 0 Å². The molecule has 0 saturated carbocycles. The molecule has 0 bridgehead atoms.